The van der Waals surface area contributed by atoms with E-state index in [1.165, 1.54) is 4.90 Å². The van der Waals surface area contributed by atoms with Gasteiger partial charge in [0, 0.05) is 25.6 Å². The third kappa shape index (κ3) is 3.59. The quantitative estimate of drug-likeness (QED) is 0.600. The molecule has 0 aromatic carbocycles. The fraction of sp³-hybridized carbons (Fsp3) is 0.750. The molecule has 1 aliphatic heterocycles. The Hall–Kier alpha value is -1.79. The van der Waals surface area contributed by atoms with Crippen molar-refractivity contribution < 1.29 is 19.5 Å². The number of carbonyl (C=O) groups excluding carboxylic acids is 2. The third-order valence-corrected chi connectivity index (χ3v) is 3.45. The zero-order valence-corrected chi connectivity index (χ0v) is 10.7. The maximum atomic E-state index is 11.8. The first-order chi connectivity index (χ1) is 9.09. The lowest BCUT2D eigenvalue weighted by molar-refractivity contribution is -0.141. The zero-order valence-electron chi connectivity index (χ0n) is 10.7. The summed E-state index contributed by atoms with van der Waals surface area (Å²) in [5, 5.41) is 14.3. The molecule has 0 bridgehead atoms. The Kier molecular flexibility index (Phi) is 4.24. The van der Waals surface area contributed by atoms with Gasteiger partial charge in [-0.25, -0.2) is 9.59 Å². The fourth-order valence-electron chi connectivity index (χ4n) is 2.21. The number of likely N-dealkylation sites (tertiary alicyclic amines) is 1. The van der Waals surface area contributed by atoms with Gasteiger partial charge >= 0.3 is 12.0 Å². The Morgan fingerprint density at radius 2 is 1.79 bits per heavy atom. The second-order valence-corrected chi connectivity index (χ2v) is 4.99. The minimum Gasteiger partial charge on any atom is -0.480 e. The van der Waals surface area contributed by atoms with Crippen LogP contribution in [0.25, 0.3) is 0 Å². The van der Waals surface area contributed by atoms with Gasteiger partial charge in [-0.1, -0.05) is 0 Å². The van der Waals surface area contributed by atoms with Gasteiger partial charge in [-0.05, 0) is 25.7 Å². The molecule has 0 spiro atoms. The molecule has 1 saturated carbocycles. The summed E-state index contributed by atoms with van der Waals surface area (Å²) in [6, 6.07) is -1.09. The molecule has 0 radical (unpaired) electrons. The molecular weight excluding hydrogens is 250 g/mol. The van der Waals surface area contributed by atoms with Gasteiger partial charge < -0.3 is 20.6 Å². The molecule has 106 valence electrons. The van der Waals surface area contributed by atoms with Crippen LogP contribution in [0.2, 0.25) is 0 Å². The number of nitrogens with one attached hydrogen (secondary N) is 2. The van der Waals surface area contributed by atoms with Crippen molar-refractivity contribution in [2.24, 2.45) is 5.92 Å². The van der Waals surface area contributed by atoms with Gasteiger partial charge in [0.15, 0.2) is 0 Å². The monoisotopic (exact) mass is 269 g/mol. The summed E-state index contributed by atoms with van der Waals surface area (Å²) in [6.07, 6.45) is 3.11. The van der Waals surface area contributed by atoms with Crippen LogP contribution in [-0.4, -0.2) is 53.6 Å². The molecule has 2 rings (SSSR count). The number of amides is 3. The minimum absolute atomic E-state index is 0.0406. The van der Waals surface area contributed by atoms with E-state index < -0.39 is 12.0 Å². The molecule has 1 aliphatic carbocycles. The van der Waals surface area contributed by atoms with Gasteiger partial charge in [-0.15, -0.1) is 0 Å². The molecule has 2 aliphatic rings. The molecule has 7 nitrogen and oxygen atoms in total. The Bertz CT molecular complexity index is 381. The Balaban J connectivity index is 1.66. The van der Waals surface area contributed by atoms with Gasteiger partial charge in [-0.3, -0.25) is 4.79 Å². The predicted molar refractivity (Wildman–Crippen MR) is 66.5 cm³/mol. The van der Waals surface area contributed by atoms with Crippen LogP contribution < -0.4 is 10.6 Å². The summed E-state index contributed by atoms with van der Waals surface area (Å²) >= 11 is 0. The molecule has 0 unspecified atom stereocenters. The highest BCUT2D eigenvalue weighted by Crippen LogP contribution is 2.28. The summed E-state index contributed by atoms with van der Waals surface area (Å²) in [5.74, 6) is -0.765. The van der Waals surface area contributed by atoms with Crippen molar-refractivity contribution in [2.75, 3.05) is 19.6 Å². The van der Waals surface area contributed by atoms with Crippen molar-refractivity contribution in [3.05, 3.63) is 0 Å². The van der Waals surface area contributed by atoms with Crippen LogP contribution in [0, 0.1) is 5.92 Å². The predicted octanol–water partition coefficient (Wildman–Crippen LogP) is -0.229. The van der Waals surface area contributed by atoms with Crippen molar-refractivity contribution in [3.8, 4) is 0 Å². The van der Waals surface area contributed by atoms with Crippen LogP contribution in [0.5, 0.6) is 0 Å². The van der Waals surface area contributed by atoms with Crippen LogP contribution in [0.3, 0.4) is 0 Å². The molecule has 19 heavy (non-hydrogen) atoms. The van der Waals surface area contributed by atoms with E-state index in [0.29, 0.717) is 32.5 Å². The number of carbonyl (C=O) groups is 3. The highest BCUT2D eigenvalue weighted by Gasteiger charge is 2.33. The zero-order chi connectivity index (χ0) is 13.8. The molecule has 1 atom stereocenters. The minimum atomic E-state index is -0.963. The van der Waals surface area contributed by atoms with Crippen LogP contribution in [-0.2, 0) is 9.59 Å². The van der Waals surface area contributed by atoms with Gasteiger partial charge in [0.25, 0.3) is 0 Å². The van der Waals surface area contributed by atoms with Crippen LogP contribution in [0.15, 0.2) is 0 Å². The van der Waals surface area contributed by atoms with Crippen LogP contribution >= 0.6 is 0 Å². The molecular formula is C12H19N3O4. The van der Waals surface area contributed by atoms with E-state index in [-0.39, 0.29) is 17.9 Å². The maximum absolute atomic E-state index is 11.8. The average Bonchev–Trinajstić information content (AvgIpc) is 3.10. The van der Waals surface area contributed by atoms with E-state index in [2.05, 4.69) is 10.6 Å². The summed E-state index contributed by atoms with van der Waals surface area (Å²) < 4.78 is 0. The van der Waals surface area contributed by atoms with Gasteiger partial charge in [-0.2, -0.15) is 0 Å². The summed E-state index contributed by atoms with van der Waals surface area (Å²) in [7, 11) is 0. The molecule has 2 fully saturated rings. The topological polar surface area (TPSA) is 98.7 Å². The Morgan fingerprint density at radius 1 is 1.11 bits per heavy atom. The van der Waals surface area contributed by atoms with E-state index in [1.807, 2.05) is 0 Å². The molecule has 0 aromatic heterocycles. The van der Waals surface area contributed by atoms with E-state index >= 15 is 0 Å². The van der Waals surface area contributed by atoms with Gasteiger partial charge in [0.05, 0.1) is 0 Å². The van der Waals surface area contributed by atoms with E-state index in [1.54, 1.807) is 0 Å². The second kappa shape index (κ2) is 5.90. The lowest BCUT2D eigenvalue weighted by Crippen LogP contribution is -2.47. The highest BCUT2D eigenvalue weighted by molar-refractivity contribution is 5.83. The van der Waals surface area contributed by atoms with Crippen molar-refractivity contribution in [2.45, 2.75) is 31.7 Å². The van der Waals surface area contributed by atoms with Crippen LogP contribution in [0.4, 0.5) is 4.79 Å². The molecule has 1 saturated heterocycles. The number of aliphatic carboxylic acids is 1. The molecule has 7 heteroatoms. The number of rotatable bonds is 5. The highest BCUT2D eigenvalue weighted by atomic mass is 16.4. The summed E-state index contributed by atoms with van der Waals surface area (Å²) in [6.45, 7) is 1.17. The third-order valence-electron chi connectivity index (χ3n) is 3.45. The first-order valence-electron chi connectivity index (χ1n) is 6.64. The van der Waals surface area contributed by atoms with Gasteiger partial charge in [0.2, 0.25) is 5.91 Å². The summed E-state index contributed by atoms with van der Waals surface area (Å²) in [4.78, 5) is 35.4. The van der Waals surface area contributed by atoms with Crippen LogP contribution in [0.1, 0.15) is 25.7 Å². The average molecular weight is 269 g/mol. The summed E-state index contributed by atoms with van der Waals surface area (Å²) in [5.41, 5.74) is 0. The number of hydrogen-bond donors (Lipinski definition) is 3. The van der Waals surface area contributed by atoms with Crippen molar-refractivity contribution in [1.82, 2.24) is 15.5 Å². The second-order valence-electron chi connectivity index (χ2n) is 4.99. The van der Waals surface area contributed by atoms with Crippen molar-refractivity contribution >= 4 is 17.9 Å². The largest absolute Gasteiger partial charge is 0.480 e. The number of hydrogen-bond acceptors (Lipinski definition) is 3. The lowest BCUT2D eigenvalue weighted by Gasteiger charge is -2.21. The van der Waals surface area contributed by atoms with E-state index in [4.69, 9.17) is 5.11 Å². The first kappa shape index (κ1) is 13.6. The fourth-order valence-corrected chi connectivity index (χ4v) is 2.21. The molecule has 0 aromatic rings. The Morgan fingerprint density at radius 3 is 2.42 bits per heavy atom. The Labute approximate surface area is 111 Å². The van der Waals surface area contributed by atoms with Crippen molar-refractivity contribution in [1.29, 1.82) is 0 Å². The standard InChI is InChI=1S/C12H19N3O4/c16-10(8-3-4-8)13-5-6-14-12(19)15-7-1-2-9(15)11(17)18/h8-9H,1-7H2,(H,13,16)(H,14,19)(H,17,18)/t9-/m1/s1. The number of nitrogens with zero attached hydrogens (tertiary/aromatic N) is 1. The van der Waals surface area contributed by atoms with Gasteiger partial charge in [0.1, 0.15) is 6.04 Å². The lowest BCUT2D eigenvalue weighted by atomic mass is 10.2. The SMILES string of the molecule is O=C(NCCNC(=O)N1CCC[C@@H]1C(=O)O)C1CC1. The van der Waals surface area contributed by atoms with Crippen molar-refractivity contribution in [3.63, 3.8) is 0 Å². The molecule has 3 amide bonds. The maximum Gasteiger partial charge on any atom is 0.326 e. The molecule has 1 heterocycles. The van der Waals surface area contributed by atoms with E-state index in [9.17, 15) is 14.4 Å². The molecule has 3 N–H and O–H groups in total. The normalized spacial score (nSPS) is 22.1. The first-order valence-corrected chi connectivity index (χ1v) is 6.64. The number of carboxylic acid groups (broad SMARTS) is 1. The smallest absolute Gasteiger partial charge is 0.326 e. The number of urea groups is 1. The number of carboxylic acids is 1. The van der Waals surface area contributed by atoms with E-state index in [0.717, 1.165) is 12.8 Å².